The average Bonchev–Trinajstić information content (AvgIpc) is 2.68. The van der Waals surface area contributed by atoms with Crippen LogP contribution in [0.3, 0.4) is 0 Å². The van der Waals surface area contributed by atoms with Gasteiger partial charge in [0.25, 0.3) is 0 Å². The zero-order chi connectivity index (χ0) is 12.7. The molecule has 2 amide bonds. The molecule has 0 aromatic heterocycles. The van der Waals surface area contributed by atoms with E-state index in [1.54, 1.807) is 0 Å². The number of nitrogens with one attached hydrogen (secondary N) is 2. The quantitative estimate of drug-likeness (QED) is 0.735. The minimum atomic E-state index is -4.31. The number of urea groups is 1. The Balaban J connectivity index is 1.96. The van der Waals surface area contributed by atoms with E-state index in [1.807, 2.05) is 0 Å². The van der Waals surface area contributed by atoms with Gasteiger partial charge in [-0.15, -0.1) is 0 Å². The molecule has 2 N–H and O–H groups in total. The van der Waals surface area contributed by atoms with E-state index in [4.69, 9.17) is 0 Å². The first-order valence-electron chi connectivity index (χ1n) is 5.66. The zero-order valence-corrected chi connectivity index (χ0v) is 9.48. The van der Waals surface area contributed by atoms with Crippen molar-refractivity contribution in [3.8, 4) is 0 Å². The Labute approximate surface area is 97.9 Å². The Morgan fingerprint density at radius 3 is 2.53 bits per heavy atom. The molecule has 100 valence electrons. The van der Waals surface area contributed by atoms with Crippen LogP contribution in [0, 0.1) is 0 Å². The molecule has 0 aliphatic heterocycles. The average molecular weight is 254 g/mol. The molecule has 0 aromatic carbocycles. The number of halogens is 3. The minimum absolute atomic E-state index is 0.0780. The van der Waals surface area contributed by atoms with Crippen LogP contribution in [0.1, 0.15) is 25.7 Å². The summed E-state index contributed by atoms with van der Waals surface area (Å²) in [5.74, 6) is 0. The fourth-order valence-corrected chi connectivity index (χ4v) is 1.73. The summed E-state index contributed by atoms with van der Waals surface area (Å²) in [6, 6.07) is -0.140. The second kappa shape index (κ2) is 6.68. The van der Waals surface area contributed by atoms with E-state index < -0.39 is 12.8 Å². The highest BCUT2D eigenvalue weighted by Crippen LogP contribution is 2.17. The summed E-state index contributed by atoms with van der Waals surface area (Å²) in [5, 5.41) is 5.21. The Hall–Kier alpha value is -0.980. The Morgan fingerprint density at radius 1 is 1.29 bits per heavy atom. The molecule has 1 saturated carbocycles. The van der Waals surface area contributed by atoms with Gasteiger partial charge in [-0.1, -0.05) is 12.8 Å². The lowest BCUT2D eigenvalue weighted by Gasteiger charge is -2.13. The van der Waals surface area contributed by atoms with Gasteiger partial charge in [0.2, 0.25) is 0 Å². The molecule has 4 nitrogen and oxygen atoms in total. The van der Waals surface area contributed by atoms with Crippen molar-refractivity contribution in [1.82, 2.24) is 10.6 Å². The zero-order valence-electron chi connectivity index (χ0n) is 9.48. The van der Waals surface area contributed by atoms with Crippen LogP contribution >= 0.6 is 0 Å². The maximum atomic E-state index is 11.7. The van der Waals surface area contributed by atoms with E-state index in [9.17, 15) is 18.0 Å². The normalized spacial score (nSPS) is 17.1. The van der Waals surface area contributed by atoms with E-state index in [0.717, 1.165) is 25.7 Å². The summed E-state index contributed by atoms with van der Waals surface area (Å²) < 4.78 is 39.4. The van der Waals surface area contributed by atoms with Crippen LogP contribution in [-0.4, -0.2) is 38.0 Å². The third-order valence-electron chi connectivity index (χ3n) is 2.49. The number of carbonyl (C=O) groups is 1. The third-order valence-corrected chi connectivity index (χ3v) is 2.49. The van der Waals surface area contributed by atoms with Crippen molar-refractivity contribution in [2.24, 2.45) is 0 Å². The van der Waals surface area contributed by atoms with Gasteiger partial charge in [-0.3, -0.25) is 0 Å². The van der Waals surface area contributed by atoms with E-state index in [0.29, 0.717) is 0 Å². The lowest BCUT2D eigenvalue weighted by Crippen LogP contribution is -2.42. The second-order valence-electron chi connectivity index (χ2n) is 4.05. The molecule has 0 spiro atoms. The Morgan fingerprint density at radius 2 is 1.94 bits per heavy atom. The highest BCUT2D eigenvalue weighted by Gasteiger charge is 2.27. The van der Waals surface area contributed by atoms with Gasteiger partial charge in [0.1, 0.15) is 6.61 Å². The molecule has 0 aromatic rings. The first-order valence-corrected chi connectivity index (χ1v) is 5.66. The number of carbonyl (C=O) groups excluding carboxylic acids is 1. The Bertz CT molecular complexity index is 240. The molecule has 0 unspecified atom stereocenters. The fourth-order valence-electron chi connectivity index (χ4n) is 1.73. The smallest absolute Gasteiger partial charge is 0.370 e. The number of amides is 2. The third kappa shape index (κ3) is 7.04. The van der Waals surface area contributed by atoms with Gasteiger partial charge in [-0.2, -0.15) is 13.2 Å². The van der Waals surface area contributed by atoms with Crippen LogP contribution in [0.25, 0.3) is 0 Å². The lowest BCUT2D eigenvalue weighted by atomic mass is 10.3. The SMILES string of the molecule is O=C(NCCOCC(F)(F)F)NC1CCCC1. The predicted octanol–water partition coefficient (Wildman–Crippen LogP) is 1.81. The van der Waals surface area contributed by atoms with E-state index in [-0.39, 0.29) is 25.2 Å². The number of ether oxygens (including phenoxy) is 1. The van der Waals surface area contributed by atoms with Crippen molar-refractivity contribution in [2.75, 3.05) is 19.8 Å². The maximum Gasteiger partial charge on any atom is 0.411 e. The van der Waals surface area contributed by atoms with Gasteiger partial charge in [0.15, 0.2) is 0 Å². The van der Waals surface area contributed by atoms with Crippen molar-refractivity contribution < 1.29 is 22.7 Å². The van der Waals surface area contributed by atoms with Gasteiger partial charge >= 0.3 is 12.2 Å². The number of rotatable bonds is 5. The topological polar surface area (TPSA) is 50.4 Å². The van der Waals surface area contributed by atoms with Crippen LogP contribution in [0.2, 0.25) is 0 Å². The summed E-state index contributed by atoms with van der Waals surface area (Å²) in [6.45, 7) is -1.34. The van der Waals surface area contributed by atoms with E-state index >= 15 is 0 Å². The summed E-state index contributed by atoms with van der Waals surface area (Å²) >= 11 is 0. The predicted molar refractivity (Wildman–Crippen MR) is 55.7 cm³/mol. The number of hydrogen-bond donors (Lipinski definition) is 2. The summed E-state index contributed by atoms with van der Waals surface area (Å²) in [6.07, 6.45) is -0.151. The standard InChI is InChI=1S/C10H17F3N2O2/c11-10(12,13)7-17-6-5-14-9(16)15-8-3-1-2-4-8/h8H,1-7H2,(H2,14,15,16). The van der Waals surface area contributed by atoms with Crippen LogP contribution in [0.5, 0.6) is 0 Å². The molecule has 0 radical (unpaired) electrons. The highest BCUT2D eigenvalue weighted by atomic mass is 19.4. The monoisotopic (exact) mass is 254 g/mol. The fraction of sp³-hybridized carbons (Fsp3) is 0.900. The minimum Gasteiger partial charge on any atom is -0.370 e. The van der Waals surface area contributed by atoms with Gasteiger partial charge in [-0.05, 0) is 12.8 Å². The molecule has 17 heavy (non-hydrogen) atoms. The molecule has 0 saturated heterocycles. The number of hydrogen-bond acceptors (Lipinski definition) is 2. The van der Waals surface area contributed by atoms with Gasteiger partial charge in [0, 0.05) is 12.6 Å². The molecule has 1 rings (SSSR count). The van der Waals surface area contributed by atoms with Gasteiger partial charge in [-0.25, -0.2) is 4.79 Å². The Kier molecular flexibility index (Phi) is 5.54. The first-order chi connectivity index (χ1) is 7.97. The largest absolute Gasteiger partial charge is 0.411 e. The van der Waals surface area contributed by atoms with Crippen molar-refractivity contribution in [3.05, 3.63) is 0 Å². The van der Waals surface area contributed by atoms with E-state index in [2.05, 4.69) is 15.4 Å². The molecule has 0 atom stereocenters. The van der Waals surface area contributed by atoms with Crippen molar-refractivity contribution in [3.63, 3.8) is 0 Å². The molecule has 1 fully saturated rings. The summed E-state index contributed by atoms with van der Waals surface area (Å²) in [4.78, 5) is 11.3. The van der Waals surface area contributed by atoms with Crippen molar-refractivity contribution >= 4 is 6.03 Å². The van der Waals surface area contributed by atoms with Crippen LogP contribution in [0.15, 0.2) is 0 Å². The van der Waals surface area contributed by atoms with Crippen molar-refractivity contribution in [1.29, 1.82) is 0 Å². The summed E-state index contributed by atoms with van der Waals surface area (Å²) in [5.41, 5.74) is 0. The highest BCUT2D eigenvalue weighted by molar-refractivity contribution is 5.74. The van der Waals surface area contributed by atoms with Crippen LogP contribution < -0.4 is 10.6 Å². The molecule has 1 aliphatic carbocycles. The van der Waals surface area contributed by atoms with Crippen molar-refractivity contribution in [2.45, 2.75) is 37.9 Å². The second-order valence-corrected chi connectivity index (χ2v) is 4.05. The maximum absolute atomic E-state index is 11.7. The van der Waals surface area contributed by atoms with Crippen LogP contribution in [0.4, 0.5) is 18.0 Å². The van der Waals surface area contributed by atoms with Gasteiger partial charge < -0.3 is 15.4 Å². The van der Waals surface area contributed by atoms with Gasteiger partial charge in [0.05, 0.1) is 6.61 Å². The van der Waals surface area contributed by atoms with Crippen LogP contribution in [-0.2, 0) is 4.74 Å². The molecular weight excluding hydrogens is 237 g/mol. The number of alkyl halides is 3. The summed E-state index contributed by atoms with van der Waals surface area (Å²) in [7, 11) is 0. The first kappa shape index (κ1) is 14.1. The molecule has 0 heterocycles. The molecular formula is C10H17F3N2O2. The van der Waals surface area contributed by atoms with E-state index in [1.165, 1.54) is 0 Å². The lowest BCUT2D eigenvalue weighted by molar-refractivity contribution is -0.173. The molecule has 7 heteroatoms. The molecule has 0 bridgehead atoms. The molecule has 1 aliphatic rings.